The zero-order chi connectivity index (χ0) is 13.0. The van der Waals surface area contributed by atoms with Crippen LogP contribution in [0.4, 0.5) is 4.39 Å². The number of likely N-dealkylation sites (N-methyl/N-ethyl adjacent to an activating group) is 1. The van der Waals surface area contributed by atoms with Crippen molar-refractivity contribution in [3.05, 3.63) is 34.6 Å². The number of nitrogens with zero attached hydrogens (tertiary/aromatic N) is 2. The molecule has 2 nitrogen and oxygen atoms in total. The smallest absolute Gasteiger partial charge is 0.124 e. The molecular weight excluding hydrogens is 251 g/mol. The Hall–Kier alpha value is -0.640. The maximum absolute atomic E-state index is 12.9. The third kappa shape index (κ3) is 3.94. The second-order valence-electron chi connectivity index (χ2n) is 4.98. The molecule has 100 valence electrons. The lowest BCUT2D eigenvalue weighted by Crippen LogP contribution is -2.44. The van der Waals surface area contributed by atoms with Gasteiger partial charge in [0.15, 0.2) is 0 Å². The molecule has 0 N–H and O–H groups in total. The molecule has 0 spiro atoms. The second kappa shape index (κ2) is 6.50. The first-order valence-electron chi connectivity index (χ1n) is 6.50. The van der Waals surface area contributed by atoms with Gasteiger partial charge in [0.25, 0.3) is 0 Å². The van der Waals surface area contributed by atoms with E-state index in [4.69, 9.17) is 11.6 Å². The molecule has 4 heteroatoms. The lowest BCUT2D eigenvalue weighted by Gasteiger charge is -2.32. The average molecular weight is 271 g/mol. The van der Waals surface area contributed by atoms with E-state index in [0.29, 0.717) is 5.02 Å². The van der Waals surface area contributed by atoms with Gasteiger partial charge in [-0.3, -0.25) is 0 Å². The summed E-state index contributed by atoms with van der Waals surface area (Å²) in [4.78, 5) is 4.84. The van der Waals surface area contributed by atoms with E-state index in [1.807, 2.05) is 0 Å². The van der Waals surface area contributed by atoms with Crippen LogP contribution < -0.4 is 0 Å². The molecule has 1 aromatic carbocycles. The first-order valence-corrected chi connectivity index (χ1v) is 6.88. The van der Waals surface area contributed by atoms with Crippen LogP contribution in [0.5, 0.6) is 0 Å². The first kappa shape index (κ1) is 13.8. The summed E-state index contributed by atoms with van der Waals surface area (Å²) in [5.41, 5.74) is 1.05. The summed E-state index contributed by atoms with van der Waals surface area (Å²) in [7, 11) is 2.16. The molecule has 0 radical (unpaired) electrons. The molecule has 0 unspecified atom stereocenters. The van der Waals surface area contributed by atoms with Crippen LogP contribution in [0.1, 0.15) is 12.0 Å². The van der Waals surface area contributed by atoms with E-state index in [0.717, 1.165) is 51.1 Å². The van der Waals surface area contributed by atoms with Crippen molar-refractivity contribution in [1.82, 2.24) is 9.80 Å². The van der Waals surface area contributed by atoms with Crippen molar-refractivity contribution in [3.63, 3.8) is 0 Å². The molecule has 1 saturated heterocycles. The third-order valence-corrected chi connectivity index (χ3v) is 3.88. The highest BCUT2D eigenvalue weighted by Gasteiger charge is 2.13. The molecule has 1 fully saturated rings. The molecule has 18 heavy (non-hydrogen) atoms. The Morgan fingerprint density at radius 2 is 1.94 bits per heavy atom. The summed E-state index contributed by atoms with van der Waals surface area (Å²) >= 11 is 6.01. The molecule has 0 atom stereocenters. The Bertz CT molecular complexity index is 389. The minimum Gasteiger partial charge on any atom is -0.304 e. The van der Waals surface area contributed by atoms with Crippen molar-refractivity contribution in [1.29, 1.82) is 0 Å². The molecule has 1 aromatic rings. The number of rotatable bonds is 4. The summed E-state index contributed by atoms with van der Waals surface area (Å²) in [6.45, 7) is 5.69. The van der Waals surface area contributed by atoms with Crippen molar-refractivity contribution < 1.29 is 4.39 Å². The Labute approximate surface area is 113 Å². The lowest BCUT2D eigenvalue weighted by atomic mass is 10.1. The topological polar surface area (TPSA) is 6.48 Å². The Morgan fingerprint density at radius 3 is 2.61 bits per heavy atom. The zero-order valence-electron chi connectivity index (χ0n) is 10.8. The molecule has 1 heterocycles. The summed E-state index contributed by atoms with van der Waals surface area (Å²) in [6.07, 6.45) is 2.00. The molecule has 0 amide bonds. The minimum atomic E-state index is -0.261. The van der Waals surface area contributed by atoms with Gasteiger partial charge < -0.3 is 9.80 Å². The molecule has 0 aliphatic carbocycles. The van der Waals surface area contributed by atoms with Crippen LogP contribution in [0, 0.1) is 5.82 Å². The fourth-order valence-electron chi connectivity index (χ4n) is 2.29. The molecule has 0 saturated carbocycles. The zero-order valence-corrected chi connectivity index (χ0v) is 11.6. The van der Waals surface area contributed by atoms with Crippen molar-refractivity contribution in [3.8, 4) is 0 Å². The van der Waals surface area contributed by atoms with Gasteiger partial charge in [-0.15, -0.1) is 0 Å². The third-order valence-electron chi connectivity index (χ3n) is 3.53. The van der Waals surface area contributed by atoms with Gasteiger partial charge in [0.2, 0.25) is 0 Å². The van der Waals surface area contributed by atoms with Crippen LogP contribution in [0.15, 0.2) is 18.2 Å². The number of hydrogen-bond acceptors (Lipinski definition) is 2. The molecule has 1 aliphatic rings. The number of aryl methyl sites for hydroxylation is 1. The Kier molecular flexibility index (Phi) is 4.98. The van der Waals surface area contributed by atoms with E-state index in [-0.39, 0.29) is 5.82 Å². The lowest BCUT2D eigenvalue weighted by molar-refractivity contribution is 0.153. The normalized spacial score (nSPS) is 18.2. The number of hydrogen-bond donors (Lipinski definition) is 0. The maximum Gasteiger partial charge on any atom is 0.124 e. The fraction of sp³-hybridized carbons (Fsp3) is 0.571. The Balaban J connectivity index is 1.75. The number of piperazine rings is 1. The maximum atomic E-state index is 12.9. The van der Waals surface area contributed by atoms with Crippen LogP contribution >= 0.6 is 11.6 Å². The largest absolute Gasteiger partial charge is 0.304 e. The molecule has 2 rings (SSSR count). The fourth-order valence-corrected chi connectivity index (χ4v) is 2.55. The first-order chi connectivity index (χ1) is 8.65. The van der Waals surface area contributed by atoms with Crippen LogP contribution in [-0.2, 0) is 6.42 Å². The van der Waals surface area contributed by atoms with Gasteiger partial charge in [-0.25, -0.2) is 4.39 Å². The van der Waals surface area contributed by atoms with Gasteiger partial charge in [0.05, 0.1) is 0 Å². The van der Waals surface area contributed by atoms with Crippen LogP contribution in [0.3, 0.4) is 0 Å². The van der Waals surface area contributed by atoms with Crippen LogP contribution in [-0.4, -0.2) is 49.6 Å². The van der Waals surface area contributed by atoms with Gasteiger partial charge in [0, 0.05) is 31.2 Å². The van der Waals surface area contributed by atoms with Crippen molar-refractivity contribution >= 4 is 11.6 Å². The summed E-state index contributed by atoms with van der Waals surface area (Å²) in [5, 5.41) is 0.549. The second-order valence-corrected chi connectivity index (χ2v) is 5.39. The monoisotopic (exact) mass is 270 g/mol. The minimum absolute atomic E-state index is 0.261. The van der Waals surface area contributed by atoms with E-state index in [1.165, 1.54) is 12.1 Å². The highest BCUT2D eigenvalue weighted by atomic mass is 35.5. The van der Waals surface area contributed by atoms with E-state index in [1.54, 1.807) is 6.07 Å². The number of benzene rings is 1. The molecular formula is C14H20ClFN2. The molecule has 0 aromatic heterocycles. The molecule has 0 bridgehead atoms. The van der Waals surface area contributed by atoms with Crippen molar-refractivity contribution in [2.45, 2.75) is 12.8 Å². The Morgan fingerprint density at radius 1 is 1.22 bits per heavy atom. The van der Waals surface area contributed by atoms with Gasteiger partial charge in [-0.05, 0) is 44.1 Å². The predicted molar refractivity (Wildman–Crippen MR) is 73.7 cm³/mol. The quantitative estimate of drug-likeness (QED) is 0.830. The predicted octanol–water partition coefficient (Wildman–Crippen LogP) is 2.66. The van der Waals surface area contributed by atoms with E-state index in [9.17, 15) is 4.39 Å². The standard InChI is InChI=1S/C14H20ClFN2/c1-17-7-9-18(10-8-17)6-2-3-12-4-5-13(16)11-14(12)15/h4-5,11H,2-3,6-10H2,1H3. The van der Waals surface area contributed by atoms with E-state index < -0.39 is 0 Å². The van der Waals surface area contributed by atoms with Gasteiger partial charge in [-0.1, -0.05) is 17.7 Å². The van der Waals surface area contributed by atoms with Crippen LogP contribution in [0.25, 0.3) is 0 Å². The van der Waals surface area contributed by atoms with Crippen molar-refractivity contribution in [2.75, 3.05) is 39.8 Å². The highest BCUT2D eigenvalue weighted by Crippen LogP contribution is 2.18. The average Bonchev–Trinajstić information content (AvgIpc) is 2.34. The highest BCUT2D eigenvalue weighted by molar-refractivity contribution is 6.31. The summed E-state index contributed by atoms with van der Waals surface area (Å²) in [5.74, 6) is -0.261. The van der Waals surface area contributed by atoms with Gasteiger partial charge in [0.1, 0.15) is 5.82 Å². The van der Waals surface area contributed by atoms with Crippen LogP contribution in [0.2, 0.25) is 5.02 Å². The summed E-state index contributed by atoms with van der Waals surface area (Å²) < 4.78 is 12.9. The SMILES string of the molecule is CN1CCN(CCCc2ccc(F)cc2Cl)CC1. The van der Waals surface area contributed by atoms with Gasteiger partial charge >= 0.3 is 0 Å². The number of halogens is 2. The van der Waals surface area contributed by atoms with E-state index in [2.05, 4.69) is 16.8 Å². The summed E-state index contributed by atoms with van der Waals surface area (Å²) in [6, 6.07) is 4.67. The van der Waals surface area contributed by atoms with E-state index >= 15 is 0 Å². The van der Waals surface area contributed by atoms with Crippen molar-refractivity contribution in [2.24, 2.45) is 0 Å². The molecule has 1 aliphatic heterocycles. The van der Waals surface area contributed by atoms with Gasteiger partial charge in [-0.2, -0.15) is 0 Å².